The second-order valence-electron chi connectivity index (χ2n) is 4.50. The molecule has 0 amide bonds. The van der Waals surface area contributed by atoms with E-state index >= 15 is 0 Å². The number of hydrogen-bond acceptors (Lipinski definition) is 3. The van der Waals surface area contributed by atoms with Crippen molar-refractivity contribution in [2.75, 3.05) is 13.2 Å². The van der Waals surface area contributed by atoms with Gasteiger partial charge in [0, 0.05) is 26.2 Å². The van der Waals surface area contributed by atoms with Crippen LogP contribution in [0.1, 0.15) is 30.3 Å². The summed E-state index contributed by atoms with van der Waals surface area (Å²) in [5.41, 5.74) is 0.974. The molecule has 6 heteroatoms. The van der Waals surface area contributed by atoms with E-state index in [0.717, 1.165) is 48.0 Å². The summed E-state index contributed by atoms with van der Waals surface area (Å²) in [5.74, 6) is 2.50. The van der Waals surface area contributed by atoms with Crippen molar-refractivity contribution >= 4 is 21.7 Å². The normalized spacial score (nSPS) is 18.1. The second kappa shape index (κ2) is 4.10. The third-order valence-electron chi connectivity index (χ3n) is 3.37. The van der Waals surface area contributed by atoms with Crippen molar-refractivity contribution in [1.82, 2.24) is 19.2 Å². The van der Waals surface area contributed by atoms with Crippen molar-refractivity contribution in [3.8, 4) is 0 Å². The number of nitrogens with zero attached hydrogens (tertiary/aromatic N) is 4. The fourth-order valence-corrected chi connectivity index (χ4v) is 2.70. The predicted molar refractivity (Wildman–Crippen MR) is 67.2 cm³/mol. The number of aromatic nitrogens is 4. The molecule has 0 aromatic carbocycles. The molecular formula is C11H15BrN4O. The van der Waals surface area contributed by atoms with Crippen LogP contribution in [0.4, 0.5) is 0 Å². The van der Waals surface area contributed by atoms with Gasteiger partial charge in [0.2, 0.25) is 5.78 Å². The van der Waals surface area contributed by atoms with Gasteiger partial charge in [0.05, 0.1) is 5.69 Å². The van der Waals surface area contributed by atoms with E-state index in [1.54, 1.807) is 0 Å². The summed E-state index contributed by atoms with van der Waals surface area (Å²) in [6, 6.07) is 0. The lowest BCUT2D eigenvalue weighted by atomic mass is 10.00. The lowest BCUT2D eigenvalue weighted by molar-refractivity contribution is 0.0829. The highest BCUT2D eigenvalue weighted by atomic mass is 79.9. The minimum atomic E-state index is 0.489. The van der Waals surface area contributed by atoms with Gasteiger partial charge in [-0.05, 0) is 35.7 Å². The number of ether oxygens (including phenoxy) is 1. The van der Waals surface area contributed by atoms with Crippen molar-refractivity contribution in [3.63, 3.8) is 0 Å². The molecule has 0 spiro atoms. The molecule has 0 saturated carbocycles. The number of fused-ring (bicyclic) bond motifs is 1. The van der Waals surface area contributed by atoms with Crippen LogP contribution in [0.2, 0.25) is 0 Å². The van der Waals surface area contributed by atoms with Crippen LogP contribution in [0.3, 0.4) is 0 Å². The zero-order valence-electron chi connectivity index (χ0n) is 9.98. The number of halogens is 1. The molecule has 1 aliphatic rings. The maximum absolute atomic E-state index is 5.39. The third-order valence-corrected chi connectivity index (χ3v) is 4.28. The Morgan fingerprint density at radius 3 is 2.71 bits per heavy atom. The first kappa shape index (κ1) is 11.2. The fourth-order valence-electron chi connectivity index (χ4n) is 2.37. The summed E-state index contributed by atoms with van der Waals surface area (Å²) >= 11 is 3.52. The van der Waals surface area contributed by atoms with Crippen molar-refractivity contribution in [2.24, 2.45) is 7.05 Å². The molecule has 1 aliphatic heterocycles. The number of imidazole rings is 1. The Labute approximate surface area is 108 Å². The minimum Gasteiger partial charge on any atom is -0.381 e. The topological polar surface area (TPSA) is 44.3 Å². The molecule has 0 aliphatic carbocycles. The van der Waals surface area contributed by atoms with Crippen LogP contribution < -0.4 is 0 Å². The van der Waals surface area contributed by atoms with Crippen LogP contribution in [0.15, 0.2) is 4.60 Å². The van der Waals surface area contributed by atoms with E-state index in [-0.39, 0.29) is 0 Å². The van der Waals surface area contributed by atoms with Crippen molar-refractivity contribution in [3.05, 3.63) is 16.1 Å². The molecule has 3 heterocycles. The number of aryl methyl sites for hydroxylation is 2. The molecule has 0 unspecified atom stereocenters. The van der Waals surface area contributed by atoms with Gasteiger partial charge in [-0.25, -0.2) is 4.98 Å². The first-order chi connectivity index (χ1) is 8.18. The molecule has 0 N–H and O–H groups in total. The molecule has 92 valence electrons. The molecule has 17 heavy (non-hydrogen) atoms. The molecule has 0 radical (unpaired) electrons. The van der Waals surface area contributed by atoms with E-state index in [1.165, 1.54) is 0 Å². The Kier molecular flexibility index (Phi) is 2.71. The fraction of sp³-hybridized carbons (Fsp3) is 0.636. The van der Waals surface area contributed by atoms with E-state index in [1.807, 2.05) is 18.5 Å². The minimum absolute atomic E-state index is 0.489. The highest BCUT2D eigenvalue weighted by Crippen LogP contribution is 2.27. The van der Waals surface area contributed by atoms with Crippen molar-refractivity contribution in [1.29, 1.82) is 0 Å². The molecule has 1 saturated heterocycles. The van der Waals surface area contributed by atoms with E-state index in [2.05, 4.69) is 30.6 Å². The van der Waals surface area contributed by atoms with E-state index in [4.69, 9.17) is 4.74 Å². The third kappa shape index (κ3) is 1.70. The molecule has 0 bridgehead atoms. The van der Waals surface area contributed by atoms with Crippen LogP contribution in [-0.4, -0.2) is 32.4 Å². The number of hydrogen-bond donors (Lipinski definition) is 0. The van der Waals surface area contributed by atoms with Crippen LogP contribution in [0.25, 0.3) is 5.78 Å². The lowest BCUT2D eigenvalue weighted by Gasteiger charge is -2.20. The molecule has 3 rings (SSSR count). The summed E-state index contributed by atoms with van der Waals surface area (Å²) in [4.78, 5) is 4.51. The van der Waals surface area contributed by atoms with E-state index < -0.39 is 0 Å². The van der Waals surface area contributed by atoms with E-state index in [0.29, 0.717) is 5.92 Å². The molecule has 2 aromatic heterocycles. The van der Waals surface area contributed by atoms with Gasteiger partial charge in [-0.1, -0.05) is 0 Å². The first-order valence-corrected chi connectivity index (χ1v) is 6.63. The molecule has 0 atom stereocenters. The maximum atomic E-state index is 5.39. The van der Waals surface area contributed by atoms with Crippen molar-refractivity contribution in [2.45, 2.75) is 25.7 Å². The van der Waals surface area contributed by atoms with Gasteiger partial charge in [-0.3, -0.25) is 4.57 Å². The summed E-state index contributed by atoms with van der Waals surface area (Å²) in [7, 11) is 2.03. The molecule has 1 fully saturated rings. The Morgan fingerprint density at radius 2 is 2.06 bits per heavy atom. The Bertz CT molecular complexity index is 553. The van der Waals surface area contributed by atoms with Crippen LogP contribution in [0, 0.1) is 6.92 Å². The van der Waals surface area contributed by atoms with Crippen molar-refractivity contribution < 1.29 is 4.74 Å². The lowest BCUT2D eigenvalue weighted by Crippen LogP contribution is -2.17. The highest BCUT2D eigenvalue weighted by molar-refractivity contribution is 9.10. The maximum Gasteiger partial charge on any atom is 0.233 e. The first-order valence-electron chi connectivity index (χ1n) is 5.83. The molecule has 2 aromatic rings. The van der Waals surface area contributed by atoms with Crippen LogP contribution in [-0.2, 0) is 11.8 Å². The summed E-state index contributed by atoms with van der Waals surface area (Å²) in [6.07, 6.45) is 2.09. The van der Waals surface area contributed by atoms with E-state index in [9.17, 15) is 0 Å². The van der Waals surface area contributed by atoms with Crippen LogP contribution in [0.5, 0.6) is 0 Å². The van der Waals surface area contributed by atoms with Gasteiger partial charge >= 0.3 is 0 Å². The average molecular weight is 299 g/mol. The molecule has 5 nitrogen and oxygen atoms in total. The van der Waals surface area contributed by atoms with Gasteiger partial charge in [0.1, 0.15) is 10.4 Å². The Balaban J connectivity index is 2.08. The number of rotatable bonds is 1. The SMILES string of the molecule is Cc1nc2n(C)c(C3CCOCC3)nn2c1Br. The largest absolute Gasteiger partial charge is 0.381 e. The zero-order chi connectivity index (χ0) is 12.0. The highest BCUT2D eigenvalue weighted by Gasteiger charge is 2.23. The summed E-state index contributed by atoms with van der Waals surface area (Å²) in [5, 5.41) is 4.67. The standard InChI is InChI=1S/C11H15BrN4O/c1-7-9(12)16-11(13-7)15(2)10(14-16)8-3-5-17-6-4-8/h8H,3-6H2,1-2H3. The summed E-state index contributed by atoms with van der Waals surface area (Å²) in [6.45, 7) is 3.65. The van der Waals surface area contributed by atoms with Gasteiger partial charge in [-0.2, -0.15) is 9.61 Å². The average Bonchev–Trinajstić information content (AvgIpc) is 2.81. The molecular weight excluding hydrogens is 284 g/mol. The Hall–Kier alpha value is -0.880. The second-order valence-corrected chi connectivity index (χ2v) is 5.25. The quantitative estimate of drug-likeness (QED) is 0.809. The van der Waals surface area contributed by atoms with Gasteiger partial charge in [0.15, 0.2) is 0 Å². The van der Waals surface area contributed by atoms with Crippen LogP contribution >= 0.6 is 15.9 Å². The predicted octanol–water partition coefficient (Wildman–Crippen LogP) is 2.03. The van der Waals surface area contributed by atoms with Gasteiger partial charge in [0.25, 0.3) is 0 Å². The smallest absolute Gasteiger partial charge is 0.233 e. The summed E-state index contributed by atoms with van der Waals surface area (Å²) < 4.78 is 10.3. The van der Waals surface area contributed by atoms with Gasteiger partial charge in [-0.15, -0.1) is 0 Å². The monoisotopic (exact) mass is 298 g/mol. The Morgan fingerprint density at radius 1 is 1.35 bits per heavy atom. The van der Waals surface area contributed by atoms with Gasteiger partial charge < -0.3 is 4.74 Å². The zero-order valence-corrected chi connectivity index (χ0v) is 11.6.